The van der Waals surface area contributed by atoms with Crippen molar-refractivity contribution in [3.05, 3.63) is 144 Å². The summed E-state index contributed by atoms with van der Waals surface area (Å²) in [5, 5.41) is 0. The Hall–Kier alpha value is -4.26. The third kappa shape index (κ3) is 6.01. The van der Waals surface area contributed by atoms with Crippen LogP contribution in [0, 0.1) is 11.3 Å². The van der Waals surface area contributed by atoms with Crippen molar-refractivity contribution in [2.45, 2.75) is 87.8 Å². The Morgan fingerprint density at radius 2 is 1.30 bits per heavy atom. The maximum Gasteiger partial charge on any atom is 0.338 e. The topological polar surface area (TPSA) is 108 Å². The summed E-state index contributed by atoms with van der Waals surface area (Å²) in [5.41, 5.74) is 1.38. The number of hydrogen-bond donors (Lipinski definition) is 0. The van der Waals surface area contributed by atoms with Crippen LogP contribution in [0.5, 0.6) is 0 Å². The molecule has 0 aromatic heterocycles. The first-order chi connectivity index (χ1) is 26.4. The third-order valence-corrected chi connectivity index (χ3v) is 12.0. The van der Waals surface area contributed by atoms with Gasteiger partial charge >= 0.3 is 5.97 Å². The van der Waals surface area contributed by atoms with E-state index in [9.17, 15) is 9.59 Å². The summed E-state index contributed by atoms with van der Waals surface area (Å²) in [7, 11) is 0. The van der Waals surface area contributed by atoms with E-state index in [2.05, 4.69) is 0 Å². The van der Waals surface area contributed by atoms with E-state index in [0.29, 0.717) is 31.8 Å². The van der Waals surface area contributed by atoms with Crippen molar-refractivity contribution in [2.24, 2.45) is 11.3 Å². The van der Waals surface area contributed by atoms with Crippen molar-refractivity contribution in [3.63, 3.8) is 0 Å². The lowest BCUT2D eigenvalue weighted by Gasteiger charge is -2.65. The molecule has 2 saturated carbocycles. The van der Waals surface area contributed by atoms with Gasteiger partial charge in [-0.3, -0.25) is 4.79 Å². The van der Waals surface area contributed by atoms with Crippen molar-refractivity contribution in [1.82, 2.24) is 0 Å². The minimum absolute atomic E-state index is 0.0570. The number of rotatable bonds is 13. The predicted molar refractivity (Wildman–Crippen MR) is 194 cm³/mol. The molecule has 4 aromatic rings. The fourth-order valence-corrected chi connectivity index (χ4v) is 9.35. The number of hydrogen-bond acceptors (Lipinski definition) is 10. The van der Waals surface area contributed by atoms with Crippen LogP contribution in [-0.4, -0.2) is 73.2 Å². The molecule has 9 rings (SSSR count). The molecule has 3 aliphatic heterocycles. The molecule has 10 heteroatoms. The normalized spacial score (nSPS) is 34.7. The zero-order valence-electron chi connectivity index (χ0n) is 30.1. The SMILES string of the molecule is C[C@@]12O[C@H]3[C@@H](O[C@H](COCc4ccccc4)[C@@H](OCc4ccccc4)[C@@H]3OCc3ccccc3)O[C@@]13C[C@H]1C(=O)C[C@@H](O2)[C@]13COC(=O)c1ccccc1. The molecule has 0 N–H and O–H groups in total. The molecule has 4 aromatic carbocycles. The quantitative estimate of drug-likeness (QED) is 0.148. The number of ether oxygens (including phenoxy) is 8. The second kappa shape index (κ2) is 14.4. The van der Waals surface area contributed by atoms with E-state index >= 15 is 0 Å². The van der Waals surface area contributed by atoms with Crippen LogP contribution in [0.25, 0.3) is 0 Å². The number of fused-ring (bicyclic) bond motifs is 1. The van der Waals surface area contributed by atoms with Gasteiger partial charge < -0.3 is 37.9 Å². The maximum atomic E-state index is 13.4. The molecule has 0 bridgehead atoms. The zero-order chi connectivity index (χ0) is 36.8. The van der Waals surface area contributed by atoms with Crippen LogP contribution in [0.15, 0.2) is 121 Å². The molecule has 0 amide bonds. The van der Waals surface area contributed by atoms with Gasteiger partial charge in [0.25, 0.3) is 0 Å². The van der Waals surface area contributed by atoms with Gasteiger partial charge in [0, 0.05) is 12.3 Å². The maximum absolute atomic E-state index is 13.4. The van der Waals surface area contributed by atoms with E-state index in [4.69, 9.17) is 37.9 Å². The van der Waals surface area contributed by atoms with E-state index in [0.717, 1.165) is 16.7 Å². The van der Waals surface area contributed by atoms with Crippen LogP contribution >= 0.6 is 0 Å². The minimum Gasteiger partial charge on any atom is -0.461 e. The van der Waals surface area contributed by atoms with Crippen molar-refractivity contribution in [2.75, 3.05) is 13.2 Å². The molecule has 10 atom stereocenters. The number of Topliss-reactive ketones (excluding diaryl/α,β-unsaturated/α-hetero) is 1. The largest absolute Gasteiger partial charge is 0.461 e. The van der Waals surface area contributed by atoms with Crippen molar-refractivity contribution >= 4 is 11.8 Å². The van der Waals surface area contributed by atoms with Gasteiger partial charge in [-0.25, -0.2) is 4.79 Å². The van der Waals surface area contributed by atoms with E-state index in [1.807, 2.05) is 104 Å². The summed E-state index contributed by atoms with van der Waals surface area (Å²) in [6.07, 6.45) is -3.64. The van der Waals surface area contributed by atoms with E-state index in [1.165, 1.54) is 0 Å². The van der Waals surface area contributed by atoms with Gasteiger partial charge in [-0.05, 0) is 42.2 Å². The van der Waals surface area contributed by atoms with Gasteiger partial charge in [0.1, 0.15) is 42.4 Å². The molecule has 280 valence electrons. The highest BCUT2D eigenvalue weighted by Gasteiger charge is 2.89. The molecule has 1 spiro atoms. The van der Waals surface area contributed by atoms with Gasteiger partial charge in [0.05, 0.1) is 43.5 Å². The minimum atomic E-state index is -1.30. The Bertz CT molecular complexity index is 1930. The van der Waals surface area contributed by atoms with Crippen LogP contribution in [0.1, 0.15) is 46.8 Å². The molecule has 2 aliphatic carbocycles. The summed E-state index contributed by atoms with van der Waals surface area (Å²) in [5.74, 6) is -2.11. The van der Waals surface area contributed by atoms with Gasteiger partial charge in [0.15, 0.2) is 12.1 Å². The van der Waals surface area contributed by atoms with E-state index < -0.39 is 65.5 Å². The van der Waals surface area contributed by atoms with Gasteiger partial charge in [-0.15, -0.1) is 0 Å². The van der Waals surface area contributed by atoms with Crippen LogP contribution in [-0.2, 0) is 62.5 Å². The smallest absolute Gasteiger partial charge is 0.338 e. The average molecular weight is 733 g/mol. The number of carbonyl (C=O) groups excluding carboxylic acids is 2. The lowest BCUT2D eigenvalue weighted by molar-refractivity contribution is -0.470. The Labute approximate surface area is 314 Å². The first kappa shape index (κ1) is 35.4. The van der Waals surface area contributed by atoms with Crippen molar-refractivity contribution in [1.29, 1.82) is 0 Å². The Morgan fingerprint density at radius 1 is 0.722 bits per heavy atom. The average Bonchev–Trinajstić information content (AvgIpc) is 3.49. The van der Waals surface area contributed by atoms with Crippen LogP contribution in [0.4, 0.5) is 0 Å². The number of benzene rings is 4. The Balaban J connectivity index is 1.03. The van der Waals surface area contributed by atoms with Gasteiger partial charge in [-0.1, -0.05) is 109 Å². The van der Waals surface area contributed by atoms with Crippen molar-refractivity contribution in [3.8, 4) is 0 Å². The molecule has 0 unspecified atom stereocenters. The molecule has 5 aliphatic rings. The highest BCUT2D eigenvalue weighted by atomic mass is 16.8. The molecular formula is C44H44O10. The highest BCUT2D eigenvalue weighted by molar-refractivity contribution is 5.90. The summed E-state index contributed by atoms with van der Waals surface area (Å²) in [6.45, 7) is 2.99. The standard InChI is InChI=1S/C44H44O10/c1-42-44(23-33-34(45)22-36(52-42)43(33,44)28-50-40(46)32-20-12-5-13-21-32)54-41-39(53-42)38(49-26-31-18-10-4-11-19-31)37(48-25-30-16-8-3-9-17-30)35(51-41)27-47-24-29-14-6-2-7-15-29/h2-21,33,35-39,41H,22-28H2,1H3/t33-,35+,36+,37+,38-,39+,41-,42+,43-,44-/m0/s1. The molecular weight excluding hydrogens is 688 g/mol. The Morgan fingerprint density at radius 3 is 1.93 bits per heavy atom. The highest BCUT2D eigenvalue weighted by Crippen LogP contribution is 2.75. The summed E-state index contributed by atoms with van der Waals surface area (Å²) in [4.78, 5) is 26.6. The summed E-state index contributed by atoms with van der Waals surface area (Å²) >= 11 is 0. The summed E-state index contributed by atoms with van der Waals surface area (Å²) in [6, 6.07) is 38.7. The van der Waals surface area contributed by atoms with E-state index in [-0.39, 0.29) is 25.4 Å². The lowest BCUT2D eigenvalue weighted by atomic mass is 9.49. The fraction of sp³-hybridized carbons (Fsp3) is 0.409. The first-order valence-electron chi connectivity index (χ1n) is 18.8. The van der Waals surface area contributed by atoms with Gasteiger partial charge in [0.2, 0.25) is 0 Å². The van der Waals surface area contributed by atoms with Crippen LogP contribution in [0.2, 0.25) is 0 Å². The van der Waals surface area contributed by atoms with Crippen LogP contribution < -0.4 is 0 Å². The number of esters is 1. The molecule has 3 heterocycles. The zero-order valence-corrected chi connectivity index (χ0v) is 30.1. The van der Waals surface area contributed by atoms with E-state index in [1.54, 1.807) is 24.3 Å². The predicted octanol–water partition coefficient (Wildman–Crippen LogP) is 6.20. The monoisotopic (exact) mass is 732 g/mol. The number of carbonyl (C=O) groups is 2. The second-order valence-electron chi connectivity index (χ2n) is 15.1. The third-order valence-electron chi connectivity index (χ3n) is 12.0. The summed E-state index contributed by atoms with van der Waals surface area (Å²) < 4.78 is 53.6. The Kier molecular flexibility index (Phi) is 9.47. The number of ketones is 1. The second-order valence-corrected chi connectivity index (χ2v) is 15.1. The first-order valence-corrected chi connectivity index (χ1v) is 18.8. The molecule has 3 saturated heterocycles. The fourth-order valence-electron chi connectivity index (χ4n) is 9.35. The molecule has 5 fully saturated rings. The van der Waals surface area contributed by atoms with Crippen molar-refractivity contribution < 1.29 is 47.5 Å². The van der Waals surface area contributed by atoms with Gasteiger partial charge in [-0.2, -0.15) is 0 Å². The van der Waals surface area contributed by atoms with Crippen LogP contribution in [0.3, 0.4) is 0 Å². The molecule has 54 heavy (non-hydrogen) atoms. The molecule has 0 radical (unpaired) electrons. The molecule has 10 nitrogen and oxygen atoms in total. The lowest BCUT2D eigenvalue weighted by Crippen LogP contribution is -2.79.